The third-order valence-corrected chi connectivity index (χ3v) is 3.45. The van der Waals surface area contributed by atoms with Crippen LogP contribution in [0.3, 0.4) is 0 Å². The van der Waals surface area contributed by atoms with Gasteiger partial charge in [-0.3, -0.25) is 9.59 Å². The van der Waals surface area contributed by atoms with Crippen LogP contribution in [0.1, 0.15) is 46.1 Å². The minimum atomic E-state index is -0.397. The van der Waals surface area contributed by atoms with E-state index in [0.717, 1.165) is 12.8 Å². The van der Waals surface area contributed by atoms with Gasteiger partial charge in [0.25, 0.3) is 0 Å². The summed E-state index contributed by atoms with van der Waals surface area (Å²) in [5, 5.41) is 0. The number of hydrogen-bond donors (Lipinski definition) is 0. The first-order valence-corrected chi connectivity index (χ1v) is 7.33. The Hall–Kier alpha value is -1.85. The molecule has 1 atom stereocenters. The van der Waals surface area contributed by atoms with E-state index < -0.39 is 5.97 Å². The second-order valence-corrected chi connectivity index (χ2v) is 5.35. The lowest BCUT2D eigenvalue weighted by molar-refractivity contribution is -0.148. The first kappa shape index (κ1) is 17.2. The van der Waals surface area contributed by atoms with E-state index in [2.05, 4.69) is 16.6 Å². The van der Waals surface area contributed by atoms with Crippen molar-refractivity contribution in [2.75, 3.05) is 13.7 Å². The van der Waals surface area contributed by atoms with Gasteiger partial charge in [-0.1, -0.05) is 13.3 Å². The molecule has 0 aliphatic carbocycles. The van der Waals surface area contributed by atoms with Crippen molar-refractivity contribution in [3.8, 4) is 0 Å². The molecule has 0 N–H and O–H groups in total. The SMILES string of the molecule is CCCC(CC(=O)N(CC(=O)OC)C(C)C)n1ccnc1. The molecule has 1 heterocycles. The monoisotopic (exact) mass is 295 g/mol. The highest BCUT2D eigenvalue weighted by molar-refractivity contribution is 5.82. The molecule has 0 saturated carbocycles. The Labute approximate surface area is 126 Å². The van der Waals surface area contributed by atoms with Crippen molar-refractivity contribution >= 4 is 11.9 Å². The highest BCUT2D eigenvalue weighted by Gasteiger charge is 2.24. The van der Waals surface area contributed by atoms with E-state index in [1.54, 1.807) is 17.4 Å². The average Bonchev–Trinajstić information content (AvgIpc) is 2.97. The van der Waals surface area contributed by atoms with E-state index >= 15 is 0 Å². The maximum atomic E-state index is 12.5. The predicted molar refractivity (Wildman–Crippen MR) is 79.7 cm³/mol. The first-order chi connectivity index (χ1) is 9.99. The van der Waals surface area contributed by atoms with Gasteiger partial charge < -0.3 is 14.2 Å². The number of rotatable bonds is 8. The molecule has 21 heavy (non-hydrogen) atoms. The molecule has 118 valence electrons. The van der Waals surface area contributed by atoms with E-state index in [1.807, 2.05) is 24.6 Å². The Morgan fingerprint density at radius 3 is 2.57 bits per heavy atom. The summed E-state index contributed by atoms with van der Waals surface area (Å²) in [5.41, 5.74) is 0. The van der Waals surface area contributed by atoms with Crippen LogP contribution in [0.25, 0.3) is 0 Å². The molecule has 6 nitrogen and oxygen atoms in total. The van der Waals surface area contributed by atoms with Gasteiger partial charge in [-0.2, -0.15) is 0 Å². The highest BCUT2D eigenvalue weighted by Crippen LogP contribution is 2.19. The van der Waals surface area contributed by atoms with Crippen LogP contribution in [-0.2, 0) is 14.3 Å². The molecule has 1 aromatic heterocycles. The molecule has 1 rings (SSSR count). The van der Waals surface area contributed by atoms with Crippen molar-refractivity contribution in [1.29, 1.82) is 0 Å². The lowest BCUT2D eigenvalue weighted by Crippen LogP contribution is -2.41. The zero-order valence-corrected chi connectivity index (χ0v) is 13.3. The maximum Gasteiger partial charge on any atom is 0.325 e. The van der Waals surface area contributed by atoms with Crippen molar-refractivity contribution in [2.45, 2.75) is 52.1 Å². The summed E-state index contributed by atoms with van der Waals surface area (Å²) in [5.74, 6) is -0.436. The van der Waals surface area contributed by atoms with Crippen LogP contribution in [0.4, 0.5) is 0 Å². The first-order valence-electron chi connectivity index (χ1n) is 7.33. The Kier molecular flexibility index (Phi) is 6.91. The largest absolute Gasteiger partial charge is 0.468 e. The van der Waals surface area contributed by atoms with Crippen LogP contribution in [0.5, 0.6) is 0 Å². The zero-order chi connectivity index (χ0) is 15.8. The zero-order valence-electron chi connectivity index (χ0n) is 13.3. The van der Waals surface area contributed by atoms with Gasteiger partial charge in [0.05, 0.1) is 13.4 Å². The van der Waals surface area contributed by atoms with Crippen LogP contribution < -0.4 is 0 Å². The number of amides is 1. The third-order valence-electron chi connectivity index (χ3n) is 3.45. The lowest BCUT2D eigenvalue weighted by Gasteiger charge is -2.28. The number of esters is 1. The van der Waals surface area contributed by atoms with Gasteiger partial charge in [0.15, 0.2) is 0 Å². The van der Waals surface area contributed by atoms with Gasteiger partial charge in [0.2, 0.25) is 5.91 Å². The fourth-order valence-electron chi connectivity index (χ4n) is 2.26. The fraction of sp³-hybridized carbons (Fsp3) is 0.667. The minimum absolute atomic E-state index is 0.00419. The third kappa shape index (κ3) is 5.21. The summed E-state index contributed by atoms with van der Waals surface area (Å²) in [7, 11) is 1.33. The molecule has 1 aromatic rings. The fourth-order valence-corrected chi connectivity index (χ4v) is 2.26. The number of imidazole rings is 1. The molecule has 0 radical (unpaired) electrons. The number of hydrogen-bond acceptors (Lipinski definition) is 4. The molecule has 0 spiro atoms. The van der Waals surface area contributed by atoms with Gasteiger partial charge >= 0.3 is 5.97 Å². The van der Waals surface area contributed by atoms with Gasteiger partial charge in [0.1, 0.15) is 6.54 Å². The van der Waals surface area contributed by atoms with Gasteiger partial charge in [-0.05, 0) is 20.3 Å². The summed E-state index contributed by atoms with van der Waals surface area (Å²) in [6.45, 7) is 5.87. The van der Waals surface area contributed by atoms with Crippen LogP contribution in [0.15, 0.2) is 18.7 Å². The van der Waals surface area contributed by atoms with Crippen molar-refractivity contribution in [3.63, 3.8) is 0 Å². The van der Waals surface area contributed by atoms with Crippen molar-refractivity contribution in [1.82, 2.24) is 14.5 Å². The number of ether oxygens (including phenoxy) is 1. The standard InChI is InChI=1S/C15H25N3O3/c1-5-6-13(17-8-7-16-11-17)9-14(19)18(12(2)3)10-15(20)21-4/h7-8,11-13H,5-6,9-10H2,1-4H3. The Balaban J connectivity index is 2.75. The molecular weight excluding hydrogens is 270 g/mol. The quantitative estimate of drug-likeness (QED) is 0.688. The number of carbonyl (C=O) groups excluding carboxylic acids is 2. The molecule has 6 heteroatoms. The van der Waals surface area contributed by atoms with Gasteiger partial charge in [0, 0.05) is 30.9 Å². The minimum Gasteiger partial charge on any atom is -0.468 e. The summed E-state index contributed by atoms with van der Waals surface area (Å²) >= 11 is 0. The second-order valence-electron chi connectivity index (χ2n) is 5.35. The van der Waals surface area contributed by atoms with E-state index in [1.165, 1.54) is 7.11 Å². The van der Waals surface area contributed by atoms with Gasteiger partial charge in [-0.25, -0.2) is 4.98 Å². The Morgan fingerprint density at radius 1 is 1.38 bits per heavy atom. The smallest absolute Gasteiger partial charge is 0.325 e. The molecule has 0 aliphatic rings. The number of nitrogens with zero attached hydrogens (tertiary/aromatic N) is 3. The summed E-state index contributed by atoms with van der Waals surface area (Å²) < 4.78 is 6.61. The van der Waals surface area contributed by atoms with E-state index in [0.29, 0.717) is 6.42 Å². The Morgan fingerprint density at radius 2 is 2.10 bits per heavy atom. The van der Waals surface area contributed by atoms with Gasteiger partial charge in [-0.15, -0.1) is 0 Å². The Bertz CT molecular complexity index is 443. The molecule has 0 bridgehead atoms. The summed E-state index contributed by atoms with van der Waals surface area (Å²) in [6.07, 6.45) is 7.55. The number of carbonyl (C=O) groups is 2. The van der Waals surface area contributed by atoms with E-state index in [4.69, 9.17) is 0 Å². The number of methoxy groups -OCH3 is 1. The van der Waals surface area contributed by atoms with Crippen LogP contribution >= 0.6 is 0 Å². The number of aromatic nitrogens is 2. The normalized spacial score (nSPS) is 12.2. The molecule has 1 amide bonds. The van der Waals surface area contributed by atoms with E-state index in [-0.39, 0.29) is 24.5 Å². The molecule has 0 fully saturated rings. The molecule has 0 saturated heterocycles. The molecular formula is C15H25N3O3. The predicted octanol–water partition coefficient (Wildman–Crippen LogP) is 2.02. The maximum absolute atomic E-state index is 12.5. The molecule has 0 aromatic carbocycles. The average molecular weight is 295 g/mol. The van der Waals surface area contributed by atoms with Crippen LogP contribution in [0.2, 0.25) is 0 Å². The lowest BCUT2D eigenvalue weighted by atomic mass is 10.1. The summed E-state index contributed by atoms with van der Waals surface area (Å²) in [6, 6.07) is 0.0329. The summed E-state index contributed by atoms with van der Waals surface area (Å²) in [4.78, 5) is 29.5. The second kappa shape index (κ2) is 8.44. The molecule has 0 aliphatic heterocycles. The molecule has 1 unspecified atom stereocenters. The van der Waals surface area contributed by atoms with Crippen LogP contribution in [0, 0.1) is 0 Å². The topological polar surface area (TPSA) is 64.4 Å². The van der Waals surface area contributed by atoms with Crippen molar-refractivity contribution < 1.29 is 14.3 Å². The van der Waals surface area contributed by atoms with Crippen molar-refractivity contribution in [2.24, 2.45) is 0 Å². The van der Waals surface area contributed by atoms with Crippen molar-refractivity contribution in [3.05, 3.63) is 18.7 Å². The van der Waals surface area contributed by atoms with E-state index in [9.17, 15) is 9.59 Å². The van der Waals surface area contributed by atoms with Crippen LogP contribution in [-0.4, -0.2) is 46.0 Å². The highest BCUT2D eigenvalue weighted by atomic mass is 16.5.